The smallest absolute Gasteiger partial charge is 0.227 e. The minimum Gasteiger partial charge on any atom is -0.497 e. The molecule has 7 heteroatoms. The third-order valence-corrected chi connectivity index (χ3v) is 6.05. The van der Waals surface area contributed by atoms with Gasteiger partial charge in [0.2, 0.25) is 5.91 Å². The van der Waals surface area contributed by atoms with Crippen molar-refractivity contribution in [3.63, 3.8) is 0 Å². The van der Waals surface area contributed by atoms with E-state index in [9.17, 15) is 9.90 Å². The van der Waals surface area contributed by atoms with Gasteiger partial charge in [0.1, 0.15) is 5.75 Å². The number of ether oxygens (including phenoxy) is 1. The largest absolute Gasteiger partial charge is 0.497 e. The third-order valence-electron chi connectivity index (χ3n) is 5.32. The first kappa shape index (κ1) is 22.7. The van der Waals surface area contributed by atoms with Crippen LogP contribution in [0.25, 0.3) is 0 Å². The normalized spacial score (nSPS) is 22.0. The predicted octanol–water partition coefficient (Wildman–Crippen LogP) is 3.02. The second-order valence-corrected chi connectivity index (χ2v) is 8.29. The van der Waals surface area contributed by atoms with Crippen molar-refractivity contribution in [2.24, 2.45) is 5.92 Å². The Kier molecular flexibility index (Phi) is 7.89. The number of piperidine rings is 1. The SMILES string of the molecule is COc1cccc(C2(O)CCN(C(=O)Cc3ccsc3)CC2CN(C)C)c1.Cl. The van der Waals surface area contributed by atoms with Gasteiger partial charge in [-0.25, -0.2) is 0 Å². The van der Waals surface area contributed by atoms with Gasteiger partial charge in [0.05, 0.1) is 19.1 Å². The van der Waals surface area contributed by atoms with E-state index in [0.29, 0.717) is 32.5 Å². The number of likely N-dealkylation sites (tertiary alicyclic amines) is 1. The van der Waals surface area contributed by atoms with Crippen LogP contribution in [0.1, 0.15) is 17.5 Å². The second kappa shape index (κ2) is 9.74. The standard InChI is InChI=1S/C21H28N2O3S.ClH/c1-22(2)13-18-14-23(20(24)11-16-7-10-27-15-16)9-8-21(18,25)17-5-4-6-19(12-17)26-3;/h4-7,10,12,15,18,25H,8-9,11,13-14H2,1-3H3;1H. The van der Waals surface area contributed by atoms with E-state index < -0.39 is 5.60 Å². The number of thiophene rings is 1. The molecule has 1 amide bonds. The maximum atomic E-state index is 12.8. The van der Waals surface area contributed by atoms with Crippen molar-refractivity contribution in [1.29, 1.82) is 0 Å². The molecule has 5 nitrogen and oxygen atoms in total. The van der Waals surface area contributed by atoms with Crippen molar-refractivity contribution in [3.8, 4) is 5.75 Å². The number of benzene rings is 1. The number of aliphatic hydroxyl groups is 1. The summed E-state index contributed by atoms with van der Waals surface area (Å²) in [5.74, 6) is 0.796. The van der Waals surface area contributed by atoms with Gasteiger partial charge in [0.15, 0.2) is 0 Å². The van der Waals surface area contributed by atoms with Crippen LogP contribution in [0.4, 0.5) is 0 Å². The lowest BCUT2D eigenvalue weighted by Crippen LogP contribution is -2.54. The van der Waals surface area contributed by atoms with Gasteiger partial charge in [-0.2, -0.15) is 11.3 Å². The zero-order valence-corrected chi connectivity index (χ0v) is 18.3. The van der Waals surface area contributed by atoms with Crippen LogP contribution >= 0.6 is 23.7 Å². The Morgan fingerprint density at radius 1 is 1.39 bits per heavy atom. The van der Waals surface area contributed by atoms with Crippen LogP contribution in [0.3, 0.4) is 0 Å². The minimum absolute atomic E-state index is 0. The van der Waals surface area contributed by atoms with Crippen LogP contribution in [0, 0.1) is 5.92 Å². The molecule has 1 aliphatic heterocycles. The molecule has 1 aromatic carbocycles. The zero-order valence-electron chi connectivity index (χ0n) is 16.6. The summed E-state index contributed by atoms with van der Waals surface area (Å²) in [7, 11) is 5.63. The first-order valence-electron chi connectivity index (χ1n) is 9.23. The van der Waals surface area contributed by atoms with Gasteiger partial charge in [-0.3, -0.25) is 4.79 Å². The van der Waals surface area contributed by atoms with Crippen LogP contribution in [0.2, 0.25) is 0 Å². The van der Waals surface area contributed by atoms with Crippen molar-refractivity contribution in [2.45, 2.75) is 18.4 Å². The lowest BCUT2D eigenvalue weighted by atomic mass is 9.75. The molecule has 2 heterocycles. The quantitative estimate of drug-likeness (QED) is 0.774. The maximum absolute atomic E-state index is 12.8. The highest BCUT2D eigenvalue weighted by atomic mass is 35.5. The summed E-state index contributed by atoms with van der Waals surface area (Å²) in [5.41, 5.74) is 0.944. The van der Waals surface area contributed by atoms with Gasteiger partial charge in [0.25, 0.3) is 0 Å². The van der Waals surface area contributed by atoms with Crippen LogP contribution in [-0.2, 0) is 16.8 Å². The molecule has 1 aliphatic rings. The summed E-state index contributed by atoms with van der Waals surface area (Å²) in [6, 6.07) is 9.65. The van der Waals surface area contributed by atoms with Crippen molar-refractivity contribution < 1.29 is 14.6 Å². The number of amides is 1. The Bertz CT molecular complexity index is 769. The maximum Gasteiger partial charge on any atom is 0.227 e. The molecule has 0 radical (unpaired) electrons. The first-order valence-corrected chi connectivity index (χ1v) is 10.2. The Hall–Kier alpha value is -1.60. The first-order chi connectivity index (χ1) is 12.9. The number of carbonyl (C=O) groups excluding carboxylic acids is 1. The molecule has 3 rings (SSSR count). The van der Waals surface area contributed by atoms with Crippen LogP contribution in [0.5, 0.6) is 5.75 Å². The molecule has 28 heavy (non-hydrogen) atoms. The topological polar surface area (TPSA) is 53.0 Å². The fourth-order valence-electron chi connectivity index (χ4n) is 3.85. The molecule has 1 aromatic heterocycles. The molecular formula is C21H29ClN2O3S. The summed E-state index contributed by atoms with van der Waals surface area (Å²) in [4.78, 5) is 16.7. The molecule has 1 N–H and O–H groups in total. The average molecular weight is 425 g/mol. The highest BCUT2D eigenvalue weighted by molar-refractivity contribution is 7.08. The molecule has 0 spiro atoms. The van der Waals surface area contributed by atoms with Crippen molar-refractivity contribution >= 4 is 29.7 Å². The van der Waals surface area contributed by atoms with Crippen LogP contribution < -0.4 is 4.74 Å². The lowest BCUT2D eigenvalue weighted by molar-refractivity contribution is -0.141. The monoisotopic (exact) mass is 424 g/mol. The van der Waals surface area contributed by atoms with E-state index in [1.807, 2.05) is 60.1 Å². The molecule has 1 saturated heterocycles. The molecule has 154 valence electrons. The summed E-state index contributed by atoms with van der Waals surface area (Å²) in [6.45, 7) is 1.81. The highest BCUT2D eigenvalue weighted by Crippen LogP contribution is 2.39. The lowest BCUT2D eigenvalue weighted by Gasteiger charge is -2.46. The number of halogens is 1. The molecule has 2 unspecified atom stereocenters. The molecule has 0 saturated carbocycles. The third kappa shape index (κ3) is 5.06. The van der Waals surface area contributed by atoms with Gasteiger partial charge in [-0.05, 0) is 60.6 Å². The second-order valence-electron chi connectivity index (χ2n) is 7.51. The summed E-state index contributed by atoms with van der Waals surface area (Å²) in [5, 5.41) is 15.6. The van der Waals surface area contributed by atoms with Gasteiger partial charge in [-0.15, -0.1) is 12.4 Å². The Morgan fingerprint density at radius 2 is 2.18 bits per heavy atom. The number of nitrogens with zero attached hydrogens (tertiary/aromatic N) is 2. The number of carbonyl (C=O) groups is 1. The van der Waals surface area contributed by atoms with Crippen molar-refractivity contribution in [1.82, 2.24) is 9.80 Å². The number of rotatable bonds is 6. The van der Waals surface area contributed by atoms with E-state index in [2.05, 4.69) is 4.90 Å². The highest BCUT2D eigenvalue weighted by Gasteiger charge is 2.44. The van der Waals surface area contributed by atoms with E-state index in [-0.39, 0.29) is 24.2 Å². The summed E-state index contributed by atoms with van der Waals surface area (Å²) >= 11 is 1.61. The zero-order chi connectivity index (χ0) is 19.4. The van der Waals surface area contributed by atoms with E-state index in [4.69, 9.17) is 4.74 Å². The molecule has 1 fully saturated rings. The van der Waals surface area contributed by atoms with Crippen molar-refractivity contribution in [3.05, 3.63) is 52.2 Å². The Morgan fingerprint density at radius 3 is 2.82 bits per heavy atom. The Labute approximate surface area is 177 Å². The van der Waals surface area contributed by atoms with Gasteiger partial charge >= 0.3 is 0 Å². The van der Waals surface area contributed by atoms with Crippen LogP contribution in [0.15, 0.2) is 41.1 Å². The molecule has 2 atom stereocenters. The number of hydrogen-bond acceptors (Lipinski definition) is 5. The molecule has 2 aromatic rings. The fraction of sp³-hybridized carbons (Fsp3) is 0.476. The van der Waals surface area contributed by atoms with E-state index in [1.54, 1.807) is 18.4 Å². The number of methoxy groups -OCH3 is 1. The van der Waals surface area contributed by atoms with Gasteiger partial charge in [-0.1, -0.05) is 12.1 Å². The van der Waals surface area contributed by atoms with E-state index in [1.165, 1.54) is 0 Å². The minimum atomic E-state index is -0.974. The fourth-order valence-corrected chi connectivity index (χ4v) is 4.51. The average Bonchev–Trinajstić information content (AvgIpc) is 3.16. The van der Waals surface area contributed by atoms with Gasteiger partial charge < -0.3 is 19.6 Å². The predicted molar refractivity (Wildman–Crippen MR) is 115 cm³/mol. The summed E-state index contributed by atoms with van der Waals surface area (Å²) < 4.78 is 5.34. The number of hydrogen-bond donors (Lipinski definition) is 1. The summed E-state index contributed by atoms with van der Waals surface area (Å²) in [6.07, 6.45) is 0.948. The molecular weight excluding hydrogens is 396 g/mol. The van der Waals surface area contributed by atoms with Crippen molar-refractivity contribution in [2.75, 3.05) is 40.8 Å². The van der Waals surface area contributed by atoms with E-state index in [0.717, 1.165) is 16.9 Å². The Balaban J connectivity index is 0.00000280. The van der Waals surface area contributed by atoms with Crippen LogP contribution in [-0.4, -0.2) is 61.7 Å². The van der Waals surface area contributed by atoms with Gasteiger partial charge in [0, 0.05) is 25.6 Å². The molecule has 0 aliphatic carbocycles. The molecule has 0 bridgehead atoms. The van der Waals surface area contributed by atoms with E-state index >= 15 is 0 Å².